The van der Waals surface area contributed by atoms with Crippen LogP contribution in [0.2, 0.25) is 0 Å². The zero-order valence-electron chi connectivity index (χ0n) is 13.2. The minimum atomic E-state index is -4.43. The minimum Gasteiger partial charge on any atom is -0.452 e. The summed E-state index contributed by atoms with van der Waals surface area (Å²) >= 11 is 0. The van der Waals surface area contributed by atoms with Crippen LogP contribution in [-0.2, 0) is 20.5 Å². The van der Waals surface area contributed by atoms with Gasteiger partial charge in [-0.3, -0.25) is 4.79 Å². The second kappa shape index (κ2) is 8.28. The van der Waals surface area contributed by atoms with Crippen LogP contribution in [0.4, 0.5) is 23.2 Å². The Morgan fingerprint density at radius 3 is 2.38 bits per heavy atom. The Hall–Kier alpha value is -3.16. The maximum absolute atomic E-state index is 13.0. The average Bonchev–Trinajstić information content (AvgIpc) is 2.58. The maximum atomic E-state index is 13.0. The largest absolute Gasteiger partial charge is 0.452 e. The van der Waals surface area contributed by atoms with Gasteiger partial charge in [0.1, 0.15) is 5.82 Å². The normalized spacial score (nSPS) is 11.4. The summed E-state index contributed by atoms with van der Waals surface area (Å²) in [5, 5.41) is 2.35. The highest BCUT2D eigenvalue weighted by molar-refractivity contribution is 5.94. The zero-order chi connectivity index (χ0) is 19.2. The molecule has 0 saturated carbocycles. The van der Waals surface area contributed by atoms with Gasteiger partial charge in [0.15, 0.2) is 6.61 Å². The average molecular weight is 367 g/mol. The Morgan fingerprint density at radius 1 is 1.08 bits per heavy atom. The number of benzene rings is 2. The molecule has 1 amide bonds. The van der Waals surface area contributed by atoms with Crippen LogP contribution in [0.3, 0.4) is 0 Å². The van der Waals surface area contributed by atoms with Crippen LogP contribution in [0.5, 0.6) is 0 Å². The van der Waals surface area contributed by atoms with Gasteiger partial charge >= 0.3 is 12.1 Å². The topological polar surface area (TPSA) is 55.4 Å². The number of halogens is 4. The van der Waals surface area contributed by atoms with Crippen molar-refractivity contribution in [1.82, 2.24) is 0 Å². The smallest absolute Gasteiger partial charge is 0.416 e. The first kappa shape index (κ1) is 19.2. The first-order chi connectivity index (χ1) is 12.2. The van der Waals surface area contributed by atoms with Gasteiger partial charge in [-0.2, -0.15) is 13.2 Å². The molecule has 2 aromatic carbocycles. The molecule has 26 heavy (non-hydrogen) atoms. The number of esters is 1. The molecule has 4 nitrogen and oxygen atoms in total. The third-order valence-electron chi connectivity index (χ3n) is 3.10. The molecule has 0 heterocycles. The molecule has 0 aliphatic carbocycles. The van der Waals surface area contributed by atoms with Crippen molar-refractivity contribution in [3.05, 3.63) is 71.6 Å². The van der Waals surface area contributed by atoms with Gasteiger partial charge < -0.3 is 10.1 Å². The van der Waals surface area contributed by atoms with Crippen molar-refractivity contribution < 1.29 is 31.9 Å². The number of carbonyl (C=O) groups is 2. The highest BCUT2D eigenvalue weighted by Gasteiger charge is 2.29. The summed E-state index contributed by atoms with van der Waals surface area (Å²) in [7, 11) is 0. The van der Waals surface area contributed by atoms with E-state index >= 15 is 0 Å². The number of carbonyl (C=O) groups excluding carboxylic acids is 2. The van der Waals surface area contributed by atoms with E-state index in [1.165, 1.54) is 36.4 Å². The van der Waals surface area contributed by atoms with Crippen LogP contribution in [0.1, 0.15) is 11.1 Å². The van der Waals surface area contributed by atoms with Crippen LogP contribution in [-0.4, -0.2) is 18.5 Å². The van der Waals surface area contributed by atoms with Crippen LogP contribution in [0.15, 0.2) is 54.6 Å². The van der Waals surface area contributed by atoms with Crippen molar-refractivity contribution in [2.45, 2.75) is 6.18 Å². The number of anilines is 1. The van der Waals surface area contributed by atoms with Crippen molar-refractivity contribution in [3.63, 3.8) is 0 Å². The minimum absolute atomic E-state index is 0.214. The van der Waals surface area contributed by atoms with E-state index in [0.29, 0.717) is 5.56 Å². The number of ether oxygens (including phenoxy) is 1. The second-order valence-corrected chi connectivity index (χ2v) is 5.12. The van der Waals surface area contributed by atoms with Crippen molar-refractivity contribution in [2.24, 2.45) is 0 Å². The molecular formula is C18H13F4NO3. The van der Waals surface area contributed by atoms with Crippen LogP contribution < -0.4 is 5.32 Å². The van der Waals surface area contributed by atoms with Crippen molar-refractivity contribution in [2.75, 3.05) is 11.9 Å². The monoisotopic (exact) mass is 367 g/mol. The number of alkyl halides is 3. The molecule has 0 spiro atoms. The molecular weight excluding hydrogens is 354 g/mol. The molecule has 2 aromatic rings. The molecule has 2 rings (SSSR count). The zero-order valence-corrected chi connectivity index (χ0v) is 13.2. The number of hydrogen-bond acceptors (Lipinski definition) is 3. The Kier molecular flexibility index (Phi) is 6.11. The number of hydrogen-bond donors (Lipinski definition) is 1. The fourth-order valence-electron chi connectivity index (χ4n) is 1.90. The van der Waals surface area contributed by atoms with Crippen molar-refractivity contribution >= 4 is 23.6 Å². The Bertz CT molecular complexity index is 814. The van der Waals surface area contributed by atoms with E-state index < -0.39 is 36.0 Å². The molecule has 0 aliphatic heterocycles. The molecule has 0 atom stereocenters. The molecule has 0 fully saturated rings. The van der Waals surface area contributed by atoms with E-state index in [4.69, 9.17) is 4.74 Å². The summed E-state index contributed by atoms with van der Waals surface area (Å²) in [5.74, 6) is -2.04. The number of nitrogens with one attached hydrogen (secondary N) is 1. The standard InChI is InChI=1S/C18H13F4NO3/c19-14-2-1-3-15(10-14)23-16(24)11-26-17(25)9-6-12-4-7-13(8-5-12)18(20,21)22/h1-10H,11H2,(H,23,24)/b9-6+. The molecule has 0 radical (unpaired) electrons. The lowest BCUT2D eigenvalue weighted by Crippen LogP contribution is -2.20. The van der Waals surface area contributed by atoms with Gasteiger partial charge in [-0.1, -0.05) is 18.2 Å². The molecule has 1 N–H and O–H groups in total. The highest BCUT2D eigenvalue weighted by atomic mass is 19.4. The molecule has 8 heteroatoms. The SMILES string of the molecule is O=C(COC(=O)/C=C/c1ccc(C(F)(F)F)cc1)Nc1cccc(F)c1. The second-order valence-electron chi connectivity index (χ2n) is 5.12. The summed E-state index contributed by atoms with van der Waals surface area (Å²) < 4.78 is 55.0. The predicted molar refractivity (Wildman–Crippen MR) is 86.5 cm³/mol. The van der Waals surface area contributed by atoms with Gasteiger partial charge in [-0.25, -0.2) is 9.18 Å². The summed E-state index contributed by atoms with van der Waals surface area (Å²) in [5.41, 5.74) is -0.225. The van der Waals surface area contributed by atoms with Crippen LogP contribution in [0.25, 0.3) is 6.08 Å². The van der Waals surface area contributed by atoms with Crippen LogP contribution in [0, 0.1) is 5.82 Å². The summed E-state index contributed by atoms with van der Waals surface area (Å²) in [6, 6.07) is 9.35. The van der Waals surface area contributed by atoms with E-state index in [2.05, 4.69) is 5.32 Å². The van der Waals surface area contributed by atoms with Gasteiger partial charge in [0.25, 0.3) is 5.91 Å². The van der Waals surface area contributed by atoms with Gasteiger partial charge in [0.2, 0.25) is 0 Å². The number of rotatable bonds is 5. The van der Waals surface area contributed by atoms with Crippen LogP contribution >= 0.6 is 0 Å². The van der Waals surface area contributed by atoms with Gasteiger partial charge in [0.05, 0.1) is 5.56 Å². The van der Waals surface area contributed by atoms with Crippen molar-refractivity contribution in [1.29, 1.82) is 0 Å². The van der Waals surface area contributed by atoms with E-state index in [9.17, 15) is 27.2 Å². The quantitative estimate of drug-likeness (QED) is 0.493. The maximum Gasteiger partial charge on any atom is 0.416 e. The van der Waals surface area contributed by atoms with Gasteiger partial charge in [-0.05, 0) is 42.0 Å². The first-order valence-corrected chi connectivity index (χ1v) is 7.31. The molecule has 0 saturated heterocycles. The first-order valence-electron chi connectivity index (χ1n) is 7.31. The van der Waals surface area contributed by atoms with E-state index in [-0.39, 0.29) is 5.69 Å². The molecule has 0 unspecified atom stereocenters. The summed E-state index contributed by atoms with van der Waals surface area (Å²) in [4.78, 5) is 23.1. The van der Waals surface area contributed by atoms with Gasteiger partial charge in [-0.15, -0.1) is 0 Å². The van der Waals surface area contributed by atoms with E-state index in [1.54, 1.807) is 0 Å². The third-order valence-corrected chi connectivity index (χ3v) is 3.10. The van der Waals surface area contributed by atoms with E-state index in [1.807, 2.05) is 0 Å². The van der Waals surface area contributed by atoms with Crippen molar-refractivity contribution in [3.8, 4) is 0 Å². The fourth-order valence-corrected chi connectivity index (χ4v) is 1.90. The lowest BCUT2D eigenvalue weighted by atomic mass is 10.1. The third kappa shape index (κ3) is 6.04. The summed E-state index contributed by atoms with van der Waals surface area (Å²) in [6.07, 6.45) is -2.19. The van der Waals surface area contributed by atoms with E-state index in [0.717, 1.165) is 24.3 Å². The van der Waals surface area contributed by atoms with Gasteiger partial charge in [0, 0.05) is 11.8 Å². The number of amides is 1. The molecule has 0 aromatic heterocycles. The lowest BCUT2D eigenvalue weighted by Gasteiger charge is -2.06. The fraction of sp³-hybridized carbons (Fsp3) is 0.111. The molecule has 0 aliphatic rings. The summed E-state index contributed by atoms with van der Waals surface area (Å²) in [6.45, 7) is -0.591. The predicted octanol–water partition coefficient (Wildman–Crippen LogP) is 4.04. The Labute approximate surface area is 146 Å². The molecule has 0 bridgehead atoms. The lowest BCUT2D eigenvalue weighted by molar-refractivity contribution is -0.142. The Balaban J connectivity index is 1.82. The molecule has 136 valence electrons. The Morgan fingerprint density at radius 2 is 1.77 bits per heavy atom. The highest BCUT2D eigenvalue weighted by Crippen LogP contribution is 2.29.